The summed E-state index contributed by atoms with van der Waals surface area (Å²) in [5.74, 6) is -0.339. The minimum absolute atomic E-state index is 0.0391. The van der Waals surface area contributed by atoms with E-state index in [1.54, 1.807) is 0 Å². The largest absolute Gasteiger partial charge is 0.453 e. The molecular weight excluding hydrogens is 552 g/mol. The molecule has 4 aromatic rings. The number of nitrogens with zero attached hydrogens (tertiary/aromatic N) is 4. The fourth-order valence-electron chi connectivity index (χ4n) is 4.30. The fourth-order valence-corrected chi connectivity index (χ4v) is 5.08. The molecule has 0 fully saturated rings. The third-order valence-electron chi connectivity index (χ3n) is 6.63. The van der Waals surface area contributed by atoms with Crippen molar-refractivity contribution in [2.24, 2.45) is 0 Å². The number of unbranched alkanes of at least 4 members (excludes halogenated alkanes) is 1. The zero-order valence-electron chi connectivity index (χ0n) is 23.7. The van der Waals surface area contributed by atoms with Gasteiger partial charge in [-0.05, 0) is 55.0 Å². The normalized spacial score (nSPS) is 11.5. The van der Waals surface area contributed by atoms with Crippen molar-refractivity contribution < 1.29 is 19.1 Å². The summed E-state index contributed by atoms with van der Waals surface area (Å²) in [7, 11) is 1.32. The Balaban J connectivity index is 1.16. The lowest BCUT2D eigenvalue weighted by molar-refractivity contribution is -0.118. The smallest absolute Gasteiger partial charge is 0.407 e. The molecule has 2 N–H and O–H groups in total. The van der Waals surface area contributed by atoms with Crippen LogP contribution in [0.3, 0.4) is 0 Å². The summed E-state index contributed by atoms with van der Waals surface area (Å²) in [5.41, 5.74) is 4.23. The number of nitrogens with one attached hydrogen (secondary N) is 2. The van der Waals surface area contributed by atoms with E-state index in [2.05, 4.69) is 35.8 Å². The monoisotopic (exact) mass is 586 g/mol. The number of anilines is 1. The maximum atomic E-state index is 12.6. The first kappa shape index (κ1) is 30.4. The van der Waals surface area contributed by atoms with E-state index < -0.39 is 6.09 Å². The molecule has 0 aliphatic carbocycles. The molecule has 0 saturated carbocycles. The molecule has 0 saturated heterocycles. The molecule has 218 valence electrons. The van der Waals surface area contributed by atoms with Gasteiger partial charge in [0.1, 0.15) is 10.8 Å². The van der Waals surface area contributed by atoms with Gasteiger partial charge in [0.05, 0.1) is 30.8 Å². The van der Waals surface area contributed by atoms with Crippen LogP contribution in [0.25, 0.3) is 0 Å². The van der Waals surface area contributed by atoms with Crippen molar-refractivity contribution in [1.82, 2.24) is 25.7 Å². The first-order valence-electron chi connectivity index (χ1n) is 13.8. The third-order valence-corrected chi connectivity index (χ3v) is 7.53. The van der Waals surface area contributed by atoms with Gasteiger partial charge in [0.25, 0.3) is 0 Å². The van der Waals surface area contributed by atoms with Gasteiger partial charge in [-0.15, -0.1) is 10.2 Å². The molecule has 2 aromatic carbocycles. The Morgan fingerprint density at radius 3 is 2.33 bits per heavy atom. The summed E-state index contributed by atoms with van der Waals surface area (Å²) in [6.07, 6.45) is 3.32. The van der Waals surface area contributed by atoms with Crippen molar-refractivity contribution in [3.63, 3.8) is 0 Å². The third kappa shape index (κ3) is 9.55. The highest BCUT2D eigenvalue weighted by molar-refractivity contribution is 7.15. The van der Waals surface area contributed by atoms with Crippen LogP contribution in [0.5, 0.6) is 0 Å². The van der Waals surface area contributed by atoms with Gasteiger partial charge in [0.2, 0.25) is 11.0 Å². The molecule has 1 atom stereocenters. The zero-order valence-corrected chi connectivity index (χ0v) is 24.5. The zero-order chi connectivity index (χ0) is 29.7. The van der Waals surface area contributed by atoms with E-state index in [1.807, 2.05) is 73.7 Å². The van der Waals surface area contributed by atoms with Gasteiger partial charge in [-0.3, -0.25) is 9.59 Å². The van der Waals surface area contributed by atoms with Gasteiger partial charge in [-0.25, -0.2) is 4.79 Å². The van der Waals surface area contributed by atoms with E-state index in [0.717, 1.165) is 53.1 Å². The quantitative estimate of drug-likeness (QED) is 0.200. The van der Waals surface area contributed by atoms with E-state index in [0.29, 0.717) is 17.4 Å². The number of hydrogen-bond acceptors (Lipinski definition) is 9. The Hall–Kier alpha value is -4.51. The standard InChI is InChI=1S/C31H34N6O4S/c1-21(24-11-4-3-5-12-24)29(39)33-30-37-36-28(42-30)14-7-6-13-25-15-16-26(35-34-25)19-27(38)18-22-9-8-10-23(17-22)20-32-31(40)41-2/h3-5,8-12,15-17,21H,6-7,13-14,18-20H2,1-2H3,(H,32,40)(H,33,37,39). The topological polar surface area (TPSA) is 136 Å². The van der Waals surface area contributed by atoms with Crippen LogP contribution in [0.1, 0.15) is 58.8 Å². The summed E-state index contributed by atoms with van der Waals surface area (Å²) < 4.78 is 4.58. The highest BCUT2D eigenvalue weighted by atomic mass is 32.1. The van der Waals surface area contributed by atoms with Crippen molar-refractivity contribution in [1.29, 1.82) is 0 Å². The summed E-state index contributed by atoms with van der Waals surface area (Å²) >= 11 is 1.40. The molecule has 2 aromatic heterocycles. The second-order valence-corrected chi connectivity index (χ2v) is 11.0. The lowest BCUT2D eigenvalue weighted by Crippen LogP contribution is -2.22. The Morgan fingerprint density at radius 1 is 0.833 bits per heavy atom. The number of alkyl carbamates (subject to hydrolysis) is 1. The van der Waals surface area contributed by atoms with E-state index in [1.165, 1.54) is 18.4 Å². The maximum Gasteiger partial charge on any atom is 0.407 e. The van der Waals surface area contributed by atoms with Crippen molar-refractivity contribution in [3.8, 4) is 0 Å². The van der Waals surface area contributed by atoms with Gasteiger partial charge in [-0.1, -0.05) is 65.9 Å². The molecule has 42 heavy (non-hydrogen) atoms. The van der Waals surface area contributed by atoms with E-state index >= 15 is 0 Å². The number of ether oxygens (including phenoxy) is 1. The first-order chi connectivity index (χ1) is 20.4. The van der Waals surface area contributed by atoms with Crippen molar-refractivity contribution in [2.75, 3.05) is 12.4 Å². The summed E-state index contributed by atoms with van der Waals surface area (Å²) in [4.78, 5) is 36.4. The highest BCUT2D eigenvalue weighted by Crippen LogP contribution is 2.21. The fraction of sp³-hybridized carbons (Fsp3) is 0.323. The number of benzene rings is 2. The number of aryl methyl sites for hydroxylation is 2. The Kier molecular flexibility index (Phi) is 11.2. The van der Waals surface area contributed by atoms with Crippen molar-refractivity contribution >= 4 is 34.3 Å². The van der Waals surface area contributed by atoms with Crippen LogP contribution in [0.2, 0.25) is 0 Å². The SMILES string of the molecule is COC(=O)NCc1cccc(CC(=O)Cc2ccc(CCCCc3nnc(NC(=O)C(C)c4ccccc4)s3)nn2)c1. The number of hydrogen-bond donors (Lipinski definition) is 2. The van der Waals surface area contributed by atoms with Crippen LogP contribution in [-0.4, -0.2) is 45.3 Å². The number of ketones is 1. The summed E-state index contributed by atoms with van der Waals surface area (Å²) in [6, 6.07) is 20.9. The summed E-state index contributed by atoms with van der Waals surface area (Å²) in [6.45, 7) is 2.20. The van der Waals surface area contributed by atoms with Crippen molar-refractivity contribution in [2.45, 2.75) is 57.9 Å². The molecule has 2 amide bonds. The maximum absolute atomic E-state index is 12.6. The van der Waals surface area contributed by atoms with Crippen LogP contribution in [0.4, 0.5) is 9.93 Å². The number of amides is 2. The Labute approximate surface area is 249 Å². The molecule has 4 rings (SSSR count). The number of carbonyl (C=O) groups is 3. The number of aromatic nitrogens is 4. The van der Waals surface area contributed by atoms with Gasteiger partial charge < -0.3 is 15.4 Å². The molecule has 0 radical (unpaired) electrons. The Bertz CT molecular complexity index is 1480. The molecule has 10 nitrogen and oxygen atoms in total. The minimum Gasteiger partial charge on any atom is -0.453 e. The number of rotatable bonds is 14. The minimum atomic E-state index is -0.499. The highest BCUT2D eigenvalue weighted by Gasteiger charge is 2.17. The lowest BCUT2D eigenvalue weighted by Gasteiger charge is -2.10. The van der Waals surface area contributed by atoms with Crippen LogP contribution in [0, 0.1) is 0 Å². The van der Waals surface area contributed by atoms with Gasteiger partial charge in [0, 0.05) is 19.4 Å². The van der Waals surface area contributed by atoms with Gasteiger partial charge in [-0.2, -0.15) is 10.2 Å². The van der Waals surface area contributed by atoms with E-state index in [-0.39, 0.29) is 30.4 Å². The van der Waals surface area contributed by atoms with Gasteiger partial charge in [0.15, 0.2) is 0 Å². The lowest BCUT2D eigenvalue weighted by atomic mass is 10.0. The predicted octanol–water partition coefficient (Wildman–Crippen LogP) is 4.85. The van der Waals surface area contributed by atoms with E-state index in [4.69, 9.17) is 0 Å². The molecule has 0 bridgehead atoms. The molecule has 1 unspecified atom stereocenters. The van der Waals surface area contributed by atoms with Crippen LogP contribution < -0.4 is 10.6 Å². The number of methoxy groups -OCH3 is 1. The molecule has 2 heterocycles. The first-order valence-corrected chi connectivity index (χ1v) is 14.6. The number of carbonyl (C=O) groups excluding carboxylic acids is 3. The average Bonchev–Trinajstić information content (AvgIpc) is 3.46. The molecule has 0 aliphatic rings. The predicted molar refractivity (Wildman–Crippen MR) is 160 cm³/mol. The van der Waals surface area contributed by atoms with Crippen LogP contribution in [-0.2, 0) is 46.6 Å². The van der Waals surface area contributed by atoms with Gasteiger partial charge >= 0.3 is 6.09 Å². The van der Waals surface area contributed by atoms with Crippen LogP contribution >= 0.6 is 11.3 Å². The van der Waals surface area contributed by atoms with Crippen molar-refractivity contribution in [3.05, 3.63) is 99.8 Å². The second kappa shape index (κ2) is 15.5. The second-order valence-electron chi connectivity index (χ2n) is 9.90. The number of Topliss-reactive ketones (excluding diaryl/α,β-unsaturated/α-hetero) is 1. The van der Waals surface area contributed by atoms with Crippen LogP contribution in [0.15, 0.2) is 66.7 Å². The Morgan fingerprint density at radius 2 is 1.57 bits per heavy atom. The molecule has 0 spiro atoms. The molecule has 11 heteroatoms. The average molecular weight is 587 g/mol. The summed E-state index contributed by atoms with van der Waals surface area (Å²) in [5, 5.41) is 23.8. The molecule has 0 aliphatic heterocycles. The van der Waals surface area contributed by atoms with E-state index in [9.17, 15) is 14.4 Å². The molecular formula is C31H34N6O4S.